The van der Waals surface area contributed by atoms with Crippen LogP contribution in [0.1, 0.15) is 53.4 Å². The summed E-state index contributed by atoms with van der Waals surface area (Å²) in [5.41, 5.74) is -0.794. The first kappa shape index (κ1) is 39.7. The van der Waals surface area contributed by atoms with E-state index in [9.17, 15) is 0 Å². The molecular weight excluding hydrogens is 949 g/mol. The molecule has 20 heteroatoms. The van der Waals surface area contributed by atoms with E-state index in [1.54, 1.807) is 14.2 Å². The number of rotatable bonds is 4. The summed E-state index contributed by atoms with van der Waals surface area (Å²) in [6.07, 6.45) is 4.18. The van der Waals surface area contributed by atoms with Gasteiger partial charge in [-0.15, -0.1) is 10.2 Å². The van der Waals surface area contributed by atoms with E-state index >= 15 is 0 Å². The Bertz CT molecular complexity index is 811. The van der Waals surface area contributed by atoms with E-state index < -0.39 is 29.6 Å². The van der Waals surface area contributed by atoms with Gasteiger partial charge < -0.3 is 9.47 Å². The molecule has 0 spiro atoms. The van der Waals surface area contributed by atoms with E-state index in [1.807, 2.05) is 0 Å². The van der Waals surface area contributed by atoms with Crippen molar-refractivity contribution < 1.29 is 18.6 Å². The summed E-state index contributed by atoms with van der Waals surface area (Å²) < 4.78 is 15.4. The normalized spacial score (nSPS) is 21.5. The van der Waals surface area contributed by atoms with Gasteiger partial charge in [0.2, 0.25) is 0 Å². The molecule has 2 aliphatic heterocycles. The minimum absolute atomic E-state index is 0.397. The first-order valence-corrected chi connectivity index (χ1v) is 48.9. The van der Waals surface area contributed by atoms with Crippen molar-refractivity contribution in [2.75, 3.05) is 27.3 Å². The molecule has 0 atom stereocenters. The quantitative estimate of drug-likeness (QED) is 0.160. The Balaban J connectivity index is 0.000000720. The first-order chi connectivity index (χ1) is 15.2. The van der Waals surface area contributed by atoms with Crippen LogP contribution in [0, 0.1) is 0 Å². The van der Waals surface area contributed by atoms with Crippen LogP contribution in [0.2, 0.25) is 0 Å². The van der Waals surface area contributed by atoms with Gasteiger partial charge in [-0.1, -0.05) is 0 Å². The van der Waals surface area contributed by atoms with Crippen LogP contribution in [0.3, 0.4) is 0 Å². The average molecular weight is 979 g/mol. The second-order valence-electron chi connectivity index (χ2n) is 8.81. The number of nitrogens with zero attached hydrogens (tertiary/aromatic N) is 4. The Morgan fingerprint density at radius 2 is 0.806 bits per heavy atom. The maximum atomic E-state index is 5.48. The van der Waals surface area contributed by atoms with E-state index in [2.05, 4.69) is 47.1 Å². The molecule has 0 aromatic heterocycles. The van der Waals surface area contributed by atoms with Crippen LogP contribution >= 0.6 is 106 Å². The Morgan fingerprint density at radius 1 is 0.583 bits per heavy atom. The molecule has 0 radical (unpaired) electrons. The van der Waals surface area contributed by atoms with Gasteiger partial charge in [0, 0.05) is 40.5 Å². The summed E-state index contributed by atoms with van der Waals surface area (Å²) >= 11 is 0. The Labute approximate surface area is 253 Å². The number of halogens is 12. The van der Waals surface area contributed by atoms with E-state index in [0.29, 0.717) is 0 Å². The molecule has 0 amide bonds. The molecule has 0 fully saturated rings. The molecule has 0 saturated heterocycles. The SMILES string of the molecule is COC1=[N+](C(C)(C)/N=N/C(C)(C)[N+]2=C(OC)CCC2)CCC1.[Cl][Sb-]([Cl])([Cl])([Cl])([Cl])[Cl].[Cl][Sb-]([Cl])([Cl])([Cl])([Cl])[Cl]. The summed E-state index contributed by atoms with van der Waals surface area (Å²) in [6, 6.07) is 0. The van der Waals surface area contributed by atoms with Crippen molar-refractivity contribution in [3.63, 3.8) is 0 Å². The fraction of sp³-hybridized carbons (Fsp3) is 0.875. The van der Waals surface area contributed by atoms with Crippen molar-refractivity contribution in [1.29, 1.82) is 0 Å². The topological polar surface area (TPSA) is 49.2 Å². The maximum absolute atomic E-state index is 5.48. The van der Waals surface area contributed by atoms with Gasteiger partial charge in [-0.2, -0.15) is 9.15 Å². The predicted molar refractivity (Wildman–Crippen MR) is 168 cm³/mol. The Kier molecular flexibility index (Phi) is 13.2. The average Bonchev–Trinajstić information content (AvgIpc) is 3.23. The van der Waals surface area contributed by atoms with Crippen molar-refractivity contribution in [2.24, 2.45) is 10.2 Å². The van der Waals surface area contributed by atoms with Gasteiger partial charge in [-0.25, -0.2) is 0 Å². The van der Waals surface area contributed by atoms with E-state index in [4.69, 9.17) is 115 Å². The number of hydrogen-bond acceptors (Lipinski definition) is 4. The molecule has 0 N–H and O–H groups in total. The van der Waals surface area contributed by atoms with Gasteiger partial charge >= 0.3 is 136 Å². The molecule has 2 heterocycles. The summed E-state index contributed by atoms with van der Waals surface area (Å²) in [6.45, 7) is 10.3. The van der Waals surface area contributed by atoms with Gasteiger partial charge in [-0.05, 0) is 0 Å². The van der Waals surface area contributed by atoms with Gasteiger partial charge in [0.05, 0.1) is 27.1 Å². The molecule has 2 aliphatic rings. The standard InChI is InChI=1S/C16H30N4O2.12ClH.2Sb/c1-15(2,19-11-7-9-13(19)21-5)17-18-16(3,4)20-12-8-10-14(20)22-6;;;;;;;;;;;;;;/h7-12H2,1-6H3;12*1H;;/q+2;;;;;;;;;;;;;2*+5/p-12/b18-17+;;;;;;;;;;;;;;. The molecule has 6 nitrogen and oxygen atoms in total. The van der Waals surface area contributed by atoms with Crippen LogP contribution in [0.5, 0.6) is 0 Å². The van der Waals surface area contributed by atoms with E-state index in [-0.39, 0.29) is 0 Å². The van der Waals surface area contributed by atoms with Crippen LogP contribution in [-0.2, 0) is 9.47 Å². The number of hydrogen-bond donors (Lipinski definition) is 0. The first-order valence-electron chi connectivity index (χ1n) is 10.1. The molecule has 0 saturated carbocycles. The second kappa shape index (κ2) is 12.0. The van der Waals surface area contributed by atoms with Gasteiger partial charge in [0.25, 0.3) is 11.3 Å². The Morgan fingerprint density at radius 3 is 1.00 bits per heavy atom. The van der Waals surface area contributed by atoms with Gasteiger partial charge in [-0.3, -0.25) is 0 Å². The predicted octanol–water partition coefficient (Wildman–Crippen LogP) is 10.1. The molecule has 220 valence electrons. The Hall–Kier alpha value is 3.66. The zero-order chi connectivity index (χ0) is 29.2. The third kappa shape index (κ3) is 23.2. The molecule has 0 bridgehead atoms. The van der Waals surface area contributed by atoms with Crippen LogP contribution in [-0.4, -0.2) is 77.9 Å². The van der Waals surface area contributed by atoms with Crippen LogP contribution in [0.25, 0.3) is 0 Å². The van der Waals surface area contributed by atoms with E-state index in [0.717, 1.165) is 50.6 Å². The monoisotopic (exact) mass is 972 g/mol. The number of ether oxygens (including phenoxy) is 2. The van der Waals surface area contributed by atoms with Gasteiger partial charge in [0.15, 0.2) is 0 Å². The number of azo groups is 1. The molecule has 2 rings (SSSR count). The van der Waals surface area contributed by atoms with E-state index in [1.165, 1.54) is 0 Å². The summed E-state index contributed by atoms with van der Waals surface area (Å²) in [4.78, 5) is 0. The van der Waals surface area contributed by atoms with Crippen molar-refractivity contribution in [1.82, 2.24) is 0 Å². The minimum atomic E-state index is -5.42. The van der Waals surface area contributed by atoms with Crippen LogP contribution < -0.4 is 0 Å². The van der Waals surface area contributed by atoms with Crippen LogP contribution in [0.15, 0.2) is 10.2 Å². The molecule has 36 heavy (non-hydrogen) atoms. The molecule has 0 aromatic carbocycles. The molecule has 0 aromatic rings. The second-order valence-corrected chi connectivity index (χ2v) is 123. The molecule has 0 aliphatic carbocycles. The van der Waals surface area contributed by atoms with Crippen molar-refractivity contribution in [3.05, 3.63) is 0 Å². The summed E-state index contributed by atoms with van der Waals surface area (Å²) in [5, 5.41) is 9.32. The van der Waals surface area contributed by atoms with Crippen LogP contribution in [0.4, 0.5) is 0 Å². The third-order valence-corrected chi connectivity index (χ3v) is 4.48. The van der Waals surface area contributed by atoms with Crippen molar-refractivity contribution in [3.8, 4) is 0 Å². The number of methoxy groups -OCH3 is 2. The summed E-state index contributed by atoms with van der Waals surface area (Å²) in [7, 11) is 53.4. The fourth-order valence-electron chi connectivity index (χ4n) is 3.23. The molecule has 0 unspecified atom stereocenters. The zero-order valence-electron chi connectivity index (χ0n) is 20.3. The third-order valence-electron chi connectivity index (χ3n) is 4.48. The van der Waals surface area contributed by atoms with Crippen molar-refractivity contribution in [2.45, 2.75) is 64.7 Å². The zero-order valence-corrected chi connectivity index (χ0v) is 34.5. The fourth-order valence-corrected chi connectivity index (χ4v) is 3.23. The van der Waals surface area contributed by atoms with Gasteiger partial charge in [0.1, 0.15) is 13.1 Å². The molecular formula is C16H30Cl12N4O2Sb2. The van der Waals surface area contributed by atoms with Crippen molar-refractivity contribution >= 4 is 136 Å². The summed E-state index contributed by atoms with van der Waals surface area (Å²) in [5.74, 6) is 2.01.